The maximum Gasteiger partial charge on any atom is 0.294 e. The van der Waals surface area contributed by atoms with Crippen molar-refractivity contribution >= 4 is 88.4 Å². The van der Waals surface area contributed by atoms with Crippen molar-refractivity contribution < 1.29 is 18.8 Å². The third-order valence-corrected chi connectivity index (χ3v) is 6.39. The highest BCUT2D eigenvalue weighted by Gasteiger charge is 2.36. The van der Waals surface area contributed by atoms with E-state index < -0.39 is 17.1 Å². The molecule has 10 heteroatoms. The number of imide groups is 1. The molecular formula is C16H9Br3N2O4S. The van der Waals surface area contributed by atoms with Crippen LogP contribution in [0.15, 0.2) is 53.3 Å². The predicted molar refractivity (Wildman–Crippen MR) is 110 cm³/mol. The number of hydrogen-bond acceptors (Lipinski definition) is 5. The molecule has 3 rings (SSSR count). The Morgan fingerprint density at radius 3 is 2.50 bits per heavy atom. The van der Waals surface area contributed by atoms with Gasteiger partial charge in [-0.25, -0.2) is 0 Å². The van der Waals surface area contributed by atoms with Crippen molar-refractivity contribution in [2.45, 2.75) is 0 Å². The van der Waals surface area contributed by atoms with Gasteiger partial charge in [0.2, 0.25) is 5.91 Å². The monoisotopic (exact) mass is 562 g/mol. The smallest absolute Gasteiger partial charge is 0.294 e. The SMILES string of the molecule is O=C(CN1C(=O)S/C(=C\c2cc(Br)c(Br)o2)C1=O)Nc1ccc(Br)cc1. The van der Waals surface area contributed by atoms with Gasteiger partial charge < -0.3 is 9.73 Å². The van der Waals surface area contributed by atoms with Crippen molar-refractivity contribution in [3.8, 4) is 0 Å². The molecule has 2 heterocycles. The minimum Gasteiger partial charge on any atom is -0.449 e. The van der Waals surface area contributed by atoms with E-state index in [0.717, 1.165) is 21.1 Å². The summed E-state index contributed by atoms with van der Waals surface area (Å²) < 4.78 is 7.43. The first-order chi connectivity index (χ1) is 12.3. The minimum absolute atomic E-state index is 0.195. The standard InChI is InChI=1S/C16H9Br3N2O4S/c17-8-1-3-9(4-2-8)20-13(22)7-21-15(23)12(26-16(21)24)6-10-5-11(18)14(19)25-10/h1-6H,7H2,(H,20,22)/b12-6-. The first-order valence-corrected chi connectivity index (χ1v) is 10.3. The lowest BCUT2D eigenvalue weighted by Gasteiger charge is -2.12. The number of amides is 3. The van der Waals surface area contributed by atoms with E-state index in [1.54, 1.807) is 30.3 Å². The lowest BCUT2D eigenvalue weighted by molar-refractivity contribution is -0.127. The Morgan fingerprint density at radius 1 is 1.19 bits per heavy atom. The first-order valence-electron chi connectivity index (χ1n) is 7.09. The van der Waals surface area contributed by atoms with Gasteiger partial charge in [0.15, 0.2) is 4.67 Å². The van der Waals surface area contributed by atoms with Crippen molar-refractivity contribution in [1.82, 2.24) is 4.90 Å². The van der Waals surface area contributed by atoms with Crippen molar-refractivity contribution in [1.29, 1.82) is 0 Å². The fourth-order valence-electron chi connectivity index (χ4n) is 2.08. The van der Waals surface area contributed by atoms with Crippen LogP contribution in [0.5, 0.6) is 0 Å². The van der Waals surface area contributed by atoms with Crippen LogP contribution in [-0.4, -0.2) is 28.5 Å². The number of nitrogens with one attached hydrogen (secondary N) is 1. The number of hydrogen-bond donors (Lipinski definition) is 1. The lowest BCUT2D eigenvalue weighted by Crippen LogP contribution is -2.36. The Balaban J connectivity index is 1.68. The van der Waals surface area contributed by atoms with Crippen molar-refractivity contribution in [3.63, 3.8) is 0 Å². The van der Waals surface area contributed by atoms with Gasteiger partial charge in [0.25, 0.3) is 11.1 Å². The van der Waals surface area contributed by atoms with Crippen LogP contribution >= 0.6 is 59.6 Å². The fraction of sp³-hybridized carbons (Fsp3) is 0.0625. The Hall–Kier alpha value is -1.36. The molecule has 1 fully saturated rings. The van der Waals surface area contributed by atoms with Crippen molar-refractivity contribution in [3.05, 3.63) is 54.6 Å². The van der Waals surface area contributed by atoms with E-state index in [1.165, 1.54) is 6.08 Å². The topological polar surface area (TPSA) is 79.6 Å². The molecule has 1 aromatic carbocycles. The van der Waals surface area contributed by atoms with Gasteiger partial charge in [-0.05, 0) is 74.0 Å². The summed E-state index contributed by atoms with van der Waals surface area (Å²) in [5.74, 6) is -0.581. The Morgan fingerprint density at radius 2 is 1.88 bits per heavy atom. The molecule has 1 aliphatic rings. The lowest BCUT2D eigenvalue weighted by atomic mass is 10.3. The summed E-state index contributed by atoms with van der Waals surface area (Å²) in [5, 5.41) is 2.14. The molecule has 1 aromatic heterocycles. The van der Waals surface area contributed by atoms with Crippen LogP contribution in [0.1, 0.15) is 5.76 Å². The van der Waals surface area contributed by atoms with Gasteiger partial charge in [0.1, 0.15) is 12.3 Å². The second kappa shape index (κ2) is 8.12. The number of furan rings is 1. The summed E-state index contributed by atoms with van der Waals surface area (Å²) in [7, 11) is 0. The van der Waals surface area contributed by atoms with Crippen LogP contribution in [0.3, 0.4) is 0 Å². The van der Waals surface area contributed by atoms with E-state index in [1.807, 2.05) is 0 Å². The largest absolute Gasteiger partial charge is 0.449 e. The third-order valence-electron chi connectivity index (χ3n) is 3.24. The quantitative estimate of drug-likeness (QED) is 0.514. The summed E-state index contributed by atoms with van der Waals surface area (Å²) in [6.45, 7) is -0.358. The minimum atomic E-state index is -0.533. The number of anilines is 1. The summed E-state index contributed by atoms with van der Waals surface area (Å²) in [6, 6.07) is 8.64. The second-order valence-corrected chi connectivity index (χ2v) is 8.58. The molecule has 3 amide bonds. The average molecular weight is 565 g/mol. The summed E-state index contributed by atoms with van der Waals surface area (Å²) in [4.78, 5) is 37.7. The van der Waals surface area contributed by atoms with Crippen LogP contribution < -0.4 is 5.32 Å². The molecule has 0 saturated carbocycles. The molecule has 1 N–H and O–H groups in total. The molecule has 0 bridgehead atoms. The van der Waals surface area contributed by atoms with Gasteiger partial charge in [-0.15, -0.1) is 0 Å². The summed E-state index contributed by atoms with van der Waals surface area (Å²) in [6.07, 6.45) is 1.47. The molecule has 26 heavy (non-hydrogen) atoms. The molecule has 1 aliphatic heterocycles. The predicted octanol–water partition coefficient (Wildman–Crippen LogP) is 5.24. The molecule has 134 valence electrons. The van der Waals surface area contributed by atoms with Crippen LogP contribution in [-0.2, 0) is 9.59 Å². The van der Waals surface area contributed by atoms with E-state index in [0.29, 0.717) is 20.6 Å². The van der Waals surface area contributed by atoms with Crippen LogP contribution in [0.2, 0.25) is 0 Å². The molecule has 0 unspecified atom stereocenters. The molecule has 2 aromatic rings. The van der Waals surface area contributed by atoms with Gasteiger partial charge in [-0.2, -0.15) is 0 Å². The van der Waals surface area contributed by atoms with E-state index in [-0.39, 0.29) is 11.4 Å². The molecule has 6 nitrogen and oxygen atoms in total. The second-order valence-electron chi connectivity index (χ2n) is 5.09. The highest BCUT2D eigenvalue weighted by Crippen LogP contribution is 2.34. The van der Waals surface area contributed by atoms with E-state index in [2.05, 4.69) is 53.1 Å². The number of thioether (sulfide) groups is 1. The van der Waals surface area contributed by atoms with E-state index >= 15 is 0 Å². The zero-order valence-electron chi connectivity index (χ0n) is 12.8. The van der Waals surface area contributed by atoms with E-state index in [9.17, 15) is 14.4 Å². The fourth-order valence-corrected chi connectivity index (χ4v) is 3.77. The third kappa shape index (κ3) is 4.48. The number of carbonyl (C=O) groups excluding carboxylic acids is 3. The van der Waals surface area contributed by atoms with Gasteiger partial charge in [-0.3, -0.25) is 19.3 Å². The Kier molecular flexibility index (Phi) is 6.06. The van der Waals surface area contributed by atoms with Crippen LogP contribution in [0.4, 0.5) is 10.5 Å². The highest BCUT2D eigenvalue weighted by molar-refractivity contribution is 9.13. The first kappa shape index (κ1) is 19.4. The van der Waals surface area contributed by atoms with Gasteiger partial charge in [0.05, 0.1) is 9.38 Å². The molecule has 1 saturated heterocycles. The summed E-state index contributed by atoms with van der Waals surface area (Å²) >= 11 is 10.6. The number of nitrogens with zero attached hydrogens (tertiary/aromatic N) is 1. The number of halogens is 3. The van der Waals surface area contributed by atoms with Crippen molar-refractivity contribution in [2.75, 3.05) is 11.9 Å². The highest BCUT2D eigenvalue weighted by atomic mass is 79.9. The van der Waals surface area contributed by atoms with Crippen LogP contribution in [0, 0.1) is 0 Å². The summed E-state index contributed by atoms with van der Waals surface area (Å²) in [5.41, 5.74) is 0.575. The van der Waals surface area contributed by atoms with Crippen molar-refractivity contribution in [2.24, 2.45) is 0 Å². The normalized spacial score (nSPS) is 15.8. The Bertz CT molecular complexity index is 905. The molecule has 0 atom stereocenters. The number of benzene rings is 1. The van der Waals surface area contributed by atoms with Crippen LogP contribution in [0.25, 0.3) is 6.08 Å². The zero-order valence-corrected chi connectivity index (χ0v) is 18.4. The number of rotatable bonds is 4. The molecule has 0 radical (unpaired) electrons. The average Bonchev–Trinajstić information content (AvgIpc) is 3.03. The zero-order chi connectivity index (χ0) is 18.8. The van der Waals surface area contributed by atoms with Gasteiger partial charge in [0, 0.05) is 16.2 Å². The number of carbonyl (C=O) groups is 3. The molecule has 0 spiro atoms. The van der Waals surface area contributed by atoms with Gasteiger partial charge >= 0.3 is 0 Å². The maximum absolute atomic E-state index is 12.4. The molecule has 0 aliphatic carbocycles. The Labute approximate surface area is 177 Å². The maximum atomic E-state index is 12.4. The van der Waals surface area contributed by atoms with Gasteiger partial charge in [-0.1, -0.05) is 15.9 Å². The van der Waals surface area contributed by atoms with E-state index in [4.69, 9.17) is 4.42 Å². The molecular weight excluding hydrogens is 556 g/mol.